The van der Waals surface area contributed by atoms with Gasteiger partial charge >= 0.3 is 0 Å². The molecule has 0 bridgehead atoms. The second-order valence-electron chi connectivity index (χ2n) is 11.7. The quantitative estimate of drug-likeness (QED) is 0.197. The smallest absolute Gasteiger partial charge is 0.201 e. The lowest BCUT2D eigenvalue weighted by molar-refractivity contribution is 0.0747. The predicted molar refractivity (Wildman–Crippen MR) is 163 cm³/mol. The van der Waals surface area contributed by atoms with Gasteiger partial charge in [0.15, 0.2) is 5.01 Å². The molecule has 0 aliphatic heterocycles. The van der Waals surface area contributed by atoms with Crippen molar-refractivity contribution in [2.75, 3.05) is 6.54 Å². The fourth-order valence-corrected chi connectivity index (χ4v) is 9.68. The standard InChI is InChI=1S/C31H33FN6O2S2/c1-4-37(42(3,40)26-17-34-36(2)19-26)25-10-7-22-13-27-21(16-35-38(27)24-11-8-23(32)9-12-24)14-31(22,15-25)29(39)30-33-18-28(41-30)20-5-6-20/h8-9,11-13,16-20,25H,3-7,10,14-15H2,1-2H3/t25-,31-,42?/m0/s1. The molecule has 0 saturated heterocycles. The van der Waals surface area contributed by atoms with Crippen LogP contribution in [-0.4, -0.2) is 57.3 Å². The van der Waals surface area contributed by atoms with Crippen LogP contribution >= 0.6 is 11.3 Å². The molecule has 3 aliphatic carbocycles. The summed E-state index contributed by atoms with van der Waals surface area (Å²) in [4.78, 5) is 21.0. The van der Waals surface area contributed by atoms with Crippen molar-refractivity contribution in [1.29, 1.82) is 0 Å². The molecule has 0 amide bonds. The third kappa shape index (κ3) is 4.49. The first-order valence-electron chi connectivity index (χ1n) is 14.4. The van der Waals surface area contributed by atoms with E-state index in [2.05, 4.69) is 27.1 Å². The Morgan fingerprint density at radius 1 is 1.19 bits per heavy atom. The van der Waals surface area contributed by atoms with Crippen molar-refractivity contribution in [3.8, 4) is 5.69 Å². The van der Waals surface area contributed by atoms with E-state index in [1.54, 1.807) is 36.3 Å². The maximum Gasteiger partial charge on any atom is 0.201 e. The van der Waals surface area contributed by atoms with Gasteiger partial charge in [-0.05, 0) is 86.2 Å². The number of aryl methyl sites for hydroxylation is 1. The lowest BCUT2D eigenvalue weighted by atomic mass is 9.61. The molecule has 3 aliphatic rings. The fraction of sp³-hybridized carbons (Fsp3) is 0.387. The minimum atomic E-state index is -2.82. The van der Waals surface area contributed by atoms with Gasteiger partial charge in [0.25, 0.3) is 0 Å². The summed E-state index contributed by atoms with van der Waals surface area (Å²) >= 11 is 1.52. The van der Waals surface area contributed by atoms with Crippen LogP contribution < -0.4 is 0 Å². The van der Waals surface area contributed by atoms with Gasteiger partial charge in [0.05, 0.1) is 43.8 Å². The van der Waals surface area contributed by atoms with E-state index in [0.717, 1.165) is 41.8 Å². The summed E-state index contributed by atoms with van der Waals surface area (Å²) in [7, 11) is -1.02. The number of thiazole rings is 1. The third-order valence-electron chi connectivity index (χ3n) is 8.99. The summed E-state index contributed by atoms with van der Waals surface area (Å²) in [6.45, 7) is 2.53. The molecule has 1 unspecified atom stereocenters. The normalized spacial score (nSPS) is 23.2. The molecule has 1 aromatic carbocycles. The summed E-state index contributed by atoms with van der Waals surface area (Å²) in [6.07, 6.45) is 13.9. The highest BCUT2D eigenvalue weighted by molar-refractivity contribution is 7.98. The number of ketones is 1. The zero-order valence-electron chi connectivity index (χ0n) is 23.7. The topological polar surface area (TPSA) is 85.9 Å². The van der Waals surface area contributed by atoms with Crippen molar-refractivity contribution in [2.45, 2.75) is 62.3 Å². The molecule has 8 nitrogen and oxygen atoms in total. The van der Waals surface area contributed by atoms with Gasteiger partial charge in [0.2, 0.25) is 5.78 Å². The molecule has 7 rings (SSSR count). The van der Waals surface area contributed by atoms with Gasteiger partial charge in [0, 0.05) is 36.9 Å². The van der Waals surface area contributed by atoms with Crippen molar-refractivity contribution in [1.82, 2.24) is 28.9 Å². The number of fused-ring (bicyclic) bond motifs is 2. The molecule has 3 aromatic heterocycles. The van der Waals surface area contributed by atoms with E-state index in [-0.39, 0.29) is 17.6 Å². The minimum Gasteiger partial charge on any atom is -0.290 e. The Morgan fingerprint density at radius 3 is 2.67 bits per heavy atom. The number of rotatable bonds is 8. The molecule has 0 spiro atoms. The monoisotopic (exact) mass is 604 g/mol. The average Bonchev–Trinajstić information content (AvgIpc) is 3.34. The number of aromatic nitrogens is 5. The Labute approximate surface area is 249 Å². The van der Waals surface area contributed by atoms with Crippen molar-refractivity contribution in [2.24, 2.45) is 12.5 Å². The van der Waals surface area contributed by atoms with Crippen LogP contribution in [0.25, 0.3) is 11.8 Å². The highest BCUT2D eigenvalue weighted by atomic mass is 32.2. The molecule has 42 heavy (non-hydrogen) atoms. The minimum absolute atomic E-state index is 0.0310. The van der Waals surface area contributed by atoms with Gasteiger partial charge in [0.1, 0.15) is 5.82 Å². The molecule has 2 fully saturated rings. The number of carbonyl (C=O) groups excluding carboxylic acids is 1. The van der Waals surface area contributed by atoms with Gasteiger partial charge in [-0.2, -0.15) is 10.2 Å². The van der Waals surface area contributed by atoms with Crippen molar-refractivity contribution >= 4 is 38.8 Å². The van der Waals surface area contributed by atoms with Crippen LogP contribution in [0.15, 0.2) is 59.5 Å². The maximum absolute atomic E-state index is 14.6. The summed E-state index contributed by atoms with van der Waals surface area (Å²) in [5, 5.41) is 9.44. The average molecular weight is 605 g/mol. The van der Waals surface area contributed by atoms with Crippen LogP contribution in [0.1, 0.15) is 70.9 Å². The highest BCUT2D eigenvalue weighted by Gasteiger charge is 2.51. The van der Waals surface area contributed by atoms with Crippen LogP contribution in [0.5, 0.6) is 0 Å². The van der Waals surface area contributed by atoms with Crippen LogP contribution in [-0.2, 0) is 23.2 Å². The molecular weight excluding hydrogens is 572 g/mol. The van der Waals surface area contributed by atoms with Crippen LogP contribution in [0.2, 0.25) is 0 Å². The Hall–Kier alpha value is -3.41. The van der Waals surface area contributed by atoms with Crippen LogP contribution in [0, 0.1) is 11.2 Å². The van der Waals surface area contributed by atoms with Gasteiger partial charge in [-0.1, -0.05) is 12.5 Å². The van der Waals surface area contributed by atoms with Crippen molar-refractivity contribution in [3.63, 3.8) is 0 Å². The van der Waals surface area contributed by atoms with Gasteiger partial charge < -0.3 is 0 Å². The van der Waals surface area contributed by atoms with Crippen molar-refractivity contribution < 1.29 is 13.4 Å². The number of benzene rings is 1. The molecule has 3 heterocycles. The first-order chi connectivity index (χ1) is 20.2. The highest BCUT2D eigenvalue weighted by Crippen LogP contribution is 2.52. The summed E-state index contributed by atoms with van der Waals surface area (Å²) in [5.74, 6) is 4.44. The van der Waals surface area contributed by atoms with E-state index in [4.69, 9.17) is 0 Å². The zero-order valence-corrected chi connectivity index (χ0v) is 25.3. The molecular formula is C31H33FN6O2S2. The van der Waals surface area contributed by atoms with E-state index in [9.17, 15) is 13.4 Å². The molecule has 218 valence electrons. The Kier molecular flexibility index (Phi) is 6.59. The lowest BCUT2D eigenvalue weighted by Crippen LogP contribution is -2.50. The van der Waals surface area contributed by atoms with E-state index in [1.165, 1.54) is 28.3 Å². The maximum atomic E-state index is 14.6. The molecule has 3 atom stereocenters. The third-order valence-corrected chi connectivity index (χ3v) is 12.4. The molecule has 11 heteroatoms. The van der Waals surface area contributed by atoms with Gasteiger partial charge in [-0.15, -0.1) is 11.3 Å². The Balaban J connectivity index is 1.30. The van der Waals surface area contributed by atoms with Crippen LogP contribution in [0.3, 0.4) is 0 Å². The summed E-state index contributed by atoms with van der Waals surface area (Å²) < 4.78 is 33.3. The van der Waals surface area contributed by atoms with Gasteiger partial charge in [-0.3, -0.25) is 9.48 Å². The van der Waals surface area contributed by atoms with Crippen LogP contribution in [0.4, 0.5) is 4.39 Å². The number of halogens is 1. The van der Waals surface area contributed by atoms with E-state index in [0.29, 0.717) is 41.6 Å². The largest absolute Gasteiger partial charge is 0.290 e. The molecule has 2 saturated carbocycles. The second kappa shape index (κ2) is 10.1. The number of Topliss-reactive ketones (excluding diaryl/α,β-unsaturated/α-hetero) is 1. The van der Waals surface area contributed by atoms with E-state index >= 15 is 0 Å². The first kappa shape index (κ1) is 27.4. The predicted octanol–water partition coefficient (Wildman–Crippen LogP) is 5.45. The number of carbonyl (C=O) groups is 1. The summed E-state index contributed by atoms with van der Waals surface area (Å²) in [5.41, 5.74) is 2.86. The lowest BCUT2D eigenvalue weighted by Gasteiger charge is -2.47. The summed E-state index contributed by atoms with van der Waals surface area (Å²) in [6, 6.07) is 6.15. The number of allylic oxidation sites excluding steroid dienone is 1. The van der Waals surface area contributed by atoms with Crippen molar-refractivity contribution in [3.05, 3.63) is 81.6 Å². The molecule has 4 aromatic rings. The van der Waals surface area contributed by atoms with E-state index < -0.39 is 15.1 Å². The zero-order chi connectivity index (χ0) is 29.2. The van der Waals surface area contributed by atoms with E-state index in [1.807, 2.05) is 28.3 Å². The Morgan fingerprint density at radius 2 is 1.98 bits per heavy atom. The first-order valence-corrected chi connectivity index (χ1v) is 16.9. The molecule has 0 radical (unpaired) electrons. The fourth-order valence-electron chi connectivity index (χ4n) is 6.68. The number of nitrogens with zero attached hydrogens (tertiary/aromatic N) is 6. The van der Waals surface area contributed by atoms with Gasteiger partial charge in [-0.25, -0.2) is 22.6 Å². The SMILES string of the molecule is C=S(=O)(c1cnn(C)c1)N(CC)[C@H]1CCC2=Cc3c(cnn3-c3ccc(F)cc3)C[C@]2(C(=O)c2ncc(C3CC3)s2)C1. The Bertz CT molecular complexity index is 1820. The second-order valence-corrected chi connectivity index (χ2v) is 14.9. The molecule has 0 N–H and O–H groups in total. The number of hydrogen-bond donors (Lipinski definition) is 0. The number of hydrogen-bond acceptors (Lipinski definition) is 6.